The molecule has 3 aliphatic heterocycles. The lowest BCUT2D eigenvalue weighted by Crippen LogP contribution is -2.23. The zero-order chi connectivity index (χ0) is 16.6. The Kier molecular flexibility index (Phi) is 4.40. The van der Waals surface area contributed by atoms with E-state index in [1.54, 1.807) is 36.5 Å². The molecule has 0 aromatic carbocycles. The number of rotatable bonds is 9. The lowest BCUT2D eigenvalue weighted by atomic mass is 10.4. The number of epoxide rings is 3. The van der Waals surface area contributed by atoms with Crippen molar-refractivity contribution >= 4 is 7.82 Å². The van der Waals surface area contributed by atoms with Crippen LogP contribution in [-0.4, -0.2) is 37.2 Å². The van der Waals surface area contributed by atoms with Crippen LogP contribution in [0.25, 0.3) is 0 Å². The predicted molar refractivity (Wildman–Crippen MR) is 81.4 cm³/mol. The zero-order valence-corrected chi connectivity index (χ0v) is 14.3. The second-order valence-electron chi connectivity index (χ2n) is 5.52. The maximum Gasteiger partial charge on any atom is 0.483 e. The highest BCUT2D eigenvalue weighted by atomic mass is 31.2. The summed E-state index contributed by atoms with van der Waals surface area (Å²) in [6.45, 7) is 6.29. The third kappa shape index (κ3) is 4.00. The van der Waals surface area contributed by atoms with E-state index in [0.29, 0.717) is 0 Å². The number of ether oxygens (including phenoxy) is 3. The van der Waals surface area contributed by atoms with Gasteiger partial charge in [-0.15, -0.1) is 0 Å². The van der Waals surface area contributed by atoms with Crippen LogP contribution in [0.5, 0.6) is 0 Å². The zero-order valence-electron chi connectivity index (χ0n) is 13.4. The molecule has 3 heterocycles. The van der Waals surface area contributed by atoms with Gasteiger partial charge in [-0.2, -0.15) is 0 Å². The Morgan fingerprint density at radius 1 is 0.739 bits per heavy atom. The molecule has 8 heteroatoms. The molecule has 3 fully saturated rings. The van der Waals surface area contributed by atoms with E-state index in [4.69, 9.17) is 27.8 Å². The molecular formula is C15H21O7P. The van der Waals surface area contributed by atoms with Crippen LogP contribution in [0.1, 0.15) is 20.8 Å². The summed E-state index contributed by atoms with van der Waals surface area (Å²) in [6, 6.07) is 0. The van der Waals surface area contributed by atoms with Crippen LogP contribution in [0.3, 0.4) is 0 Å². The fourth-order valence-electron chi connectivity index (χ4n) is 2.14. The van der Waals surface area contributed by atoms with E-state index >= 15 is 0 Å². The topological polar surface area (TPSA) is 82.4 Å². The van der Waals surface area contributed by atoms with Gasteiger partial charge in [0, 0.05) is 0 Å². The summed E-state index contributed by atoms with van der Waals surface area (Å²) in [6.07, 6.45) is 10.3. The largest absolute Gasteiger partial charge is 0.483 e. The van der Waals surface area contributed by atoms with Crippen molar-refractivity contribution in [2.75, 3.05) is 19.8 Å². The molecule has 3 rings (SSSR count). The summed E-state index contributed by atoms with van der Waals surface area (Å²) < 4.78 is 45.8. The second-order valence-corrected chi connectivity index (χ2v) is 6.96. The maximum absolute atomic E-state index is 13.2. The lowest BCUT2D eigenvalue weighted by Gasteiger charge is -2.24. The third-order valence-corrected chi connectivity index (χ3v) is 4.95. The van der Waals surface area contributed by atoms with E-state index < -0.39 is 25.2 Å². The SMILES string of the molecule is CC=CC1(OP(=O)(OC2(C=CC)CO2)OC2(C=CC)CO2)CO1. The molecule has 0 radical (unpaired) electrons. The van der Waals surface area contributed by atoms with E-state index in [9.17, 15) is 4.57 Å². The molecule has 7 nitrogen and oxygen atoms in total. The summed E-state index contributed by atoms with van der Waals surface area (Å²) in [5.74, 6) is -3.24. The molecule has 128 valence electrons. The summed E-state index contributed by atoms with van der Waals surface area (Å²) >= 11 is 0. The van der Waals surface area contributed by atoms with Gasteiger partial charge in [0.05, 0.1) is 0 Å². The first-order valence-corrected chi connectivity index (χ1v) is 8.94. The molecule has 3 aliphatic rings. The number of hydrogen-bond donors (Lipinski definition) is 0. The van der Waals surface area contributed by atoms with E-state index in [1.165, 1.54) is 0 Å². The smallest absolute Gasteiger partial charge is 0.338 e. The lowest BCUT2D eigenvalue weighted by molar-refractivity contribution is -0.0298. The van der Waals surface area contributed by atoms with Crippen molar-refractivity contribution in [2.24, 2.45) is 0 Å². The third-order valence-electron chi connectivity index (χ3n) is 3.35. The molecule has 0 saturated carbocycles. The molecule has 0 spiro atoms. The highest BCUT2D eigenvalue weighted by molar-refractivity contribution is 7.48. The van der Waals surface area contributed by atoms with Crippen LogP contribution in [0.15, 0.2) is 36.5 Å². The van der Waals surface area contributed by atoms with Gasteiger partial charge in [-0.1, -0.05) is 18.2 Å². The fourth-order valence-corrected chi connectivity index (χ4v) is 3.88. The molecule has 0 aromatic heterocycles. The molecular weight excluding hydrogens is 323 g/mol. The van der Waals surface area contributed by atoms with Crippen molar-refractivity contribution in [3.8, 4) is 0 Å². The summed E-state index contributed by atoms with van der Waals surface area (Å²) in [7, 11) is -4.01. The van der Waals surface area contributed by atoms with E-state index in [0.717, 1.165) is 0 Å². The molecule has 0 bridgehead atoms. The maximum atomic E-state index is 13.2. The van der Waals surface area contributed by atoms with Gasteiger partial charge in [0.1, 0.15) is 19.8 Å². The normalized spacial score (nSPS) is 41.7. The number of allylic oxidation sites excluding steroid dienone is 3. The van der Waals surface area contributed by atoms with E-state index in [-0.39, 0.29) is 19.8 Å². The van der Waals surface area contributed by atoms with Crippen molar-refractivity contribution in [3.05, 3.63) is 36.5 Å². The van der Waals surface area contributed by atoms with Gasteiger partial charge in [-0.25, -0.2) is 18.1 Å². The average Bonchev–Trinajstić information content (AvgIpc) is 3.35. The van der Waals surface area contributed by atoms with E-state index in [1.807, 2.05) is 20.8 Å². The molecule has 0 N–H and O–H groups in total. The van der Waals surface area contributed by atoms with Gasteiger partial charge in [0.15, 0.2) is 0 Å². The molecule has 23 heavy (non-hydrogen) atoms. The Balaban J connectivity index is 1.79. The first-order valence-electron chi connectivity index (χ1n) is 7.48. The summed E-state index contributed by atoms with van der Waals surface area (Å²) in [5, 5.41) is 0. The van der Waals surface area contributed by atoms with Crippen molar-refractivity contribution in [2.45, 2.75) is 38.1 Å². The minimum Gasteiger partial charge on any atom is -0.338 e. The molecule has 3 saturated heterocycles. The van der Waals surface area contributed by atoms with Crippen LogP contribution < -0.4 is 0 Å². The van der Waals surface area contributed by atoms with Crippen LogP contribution in [0, 0.1) is 0 Å². The Morgan fingerprint density at radius 2 is 1.00 bits per heavy atom. The highest BCUT2D eigenvalue weighted by Crippen LogP contribution is 2.64. The molecule has 3 unspecified atom stereocenters. The van der Waals surface area contributed by atoms with Crippen molar-refractivity contribution in [1.82, 2.24) is 0 Å². The van der Waals surface area contributed by atoms with Gasteiger partial charge < -0.3 is 14.2 Å². The Hall–Kier alpha value is -0.790. The molecule has 0 aliphatic carbocycles. The second kappa shape index (κ2) is 5.93. The van der Waals surface area contributed by atoms with E-state index in [2.05, 4.69) is 0 Å². The molecule has 0 aromatic rings. The Labute approximate surface area is 135 Å². The van der Waals surface area contributed by atoms with Crippen molar-refractivity contribution < 1.29 is 32.3 Å². The van der Waals surface area contributed by atoms with Crippen LogP contribution >= 0.6 is 7.82 Å². The monoisotopic (exact) mass is 344 g/mol. The van der Waals surface area contributed by atoms with Gasteiger partial charge in [0.2, 0.25) is 17.4 Å². The first-order chi connectivity index (χ1) is 10.9. The quantitative estimate of drug-likeness (QED) is 0.361. The number of phosphoric ester groups is 1. The average molecular weight is 344 g/mol. The first kappa shape index (κ1) is 17.0. The van der Waals surface area contributed by atoms with Crippen LogP contribution in [0.4, 0.5) is 0 Å². The van der Waals surface area contributed by atoms with Gasteiger partial charge in [-0.3, -0.25) is 0 Å². The predicted octanol–water partition coefficient (Wildman–Crippen LogP) is 3.05. The van der Waals surface area contributed by atoms with Crippen molar-refractivity contribution in [1.29, 1.82) is 0 Å². The number of hydrogen-bond acceptors (Lipinski definition) is 7. The summed E-state index contributed by atoms with van der Waals surface area (Å²) in [5.41, 5.74) is 0. The molecule has 3 atom stereocenters. The standard InChI is InChI=1S/C15H21O7P/c1-4-7-13(10-17-13)20-23(16,21-14(8-5-2)11-18-14)22-15(9-6-3)12-19-15/h4-9H,10-12H2,1-3H3. The highest BCUT2D eigenvalue weighted by Gasteiger charge is 2.61. The van der Waals surface area contributed by atoms with Crippen LogP contribution in [0.2, 0.25) is 0 Å². The van der Waals surface area contributed by atoms with Crippen LogP contribution in [-0.2, 0) is 32.3 Å². The Bertz CT molecular complexity index is 502. The van der Waals surface area contributed by atoms with Gasteiger partial charge in [-0.05, 0) is 39.0 Å². The minimum absolute atomic E-state index is 0.281. The Morgan fingerprint density at radius 3 is 1.17 bits per heavy atom. The van der Waals surface area contributed by atoms with Gasteiger partial charge >= 0.3 is 7.82 Å². The minimum atomic E-state index is -4.01. The summed E-state index contributed by atoms with van der Waals surface area (Å²) in [4.78, 5) is 0. The van der Waals surface area contributed by atoms with Gasteiger partial charge in [0.25, 0.3) is 0 Å². The van der Waals surface area contributed by atoms with Crippen molar-refractivity contribution in [3.63, 3.8) is 0 Å². The molecule has 0 amide bonds. The number of phosphoric acid groups is 1. The fraction of sp³-hybridized carbons (Fsp3) is 0.600.